The number of nitro groups is 1. The molecule has 2 aromatic carbocycles. The number of nitrogens with one attached hydrogen (secondary N) is 1. The molecule has 6 nitrogen and oxygen atoms in total. The van der Waals surface area contributed by atoms with Gasteiger partial charge in [0.1, 0.15) is 5.56 Å². The number of hydrogen-bond donors (Lipinski definition) is 1. The van der Waals surface area contributed by atoms with Gasteiger partial charge in [-0.2, -0.15) is 0 Å². The van der Waals surface area contributed by atoms with Crippen LogP contribution in [0.5, 0.6) is 0 Å². The van der Waals surface area contributed by atoms with Crippen LogP contribution in [-0.2, 0) is 0 Å². The standard InChI is InChI=1S/C18H15N3O3S/c1-11-6-8-13(9-7-11)15-10-25-18(19-15)20-17(22)14-5-3-4-12(2)16(14)21(23)24/h3-10H,1-2H3,(H,19,20,22). The minimum atomic E-state index is -0.541. The molecule has 1 aromatic heterocycles. The molecule has 1 N–H and O–H groups in total. The van der Waals surface area contributed by atoms with Crippen molar-refractivity contribution in [1.82, 2.24) is 4.98 Å². The van der Waals surface area contributed by atoms with Crippen molar-refractivity contribution in [1.29, 1.82) is 0 Å². The van der Waals surface area contributed by atoms with Crippen LogP contribution in [0.25, 0.3) is 11.3 Å². The van der Waals surface area contributed by atoms with Gasteiger partial charge in [-0.25, -0.2) is 4.98 Å². The second kappa shape index (κ2) is 6.82. The first-order valence-electron chi connectivity index (χ1n) is 7.53. The minimum Gasteiger partial charge on any atom is -0.298 e. The molecule has 3 rings (SSSR count). The van der Waals surface area contributed by atoms with Crippen molar-refractivity contribution in [3.05, 3.63) is 74.6 Å². The first kappa shape index (κ1) is 16.8. The summed E-state index contributed by atoms with van der Waals surface area (Å²) >= 11 is 1.28. The molecular weight excluding hydrogens is 338 g/mol. The Hall–Kier alpha value is -3.06. The number of carbonyl (C=O) groups is 1. The number of nitrogens with zero attached hydrogens (tertiary/aromatic N) is 2. The van der Waals surface area contributed by atoms with Gasteiger partial charge in [0, 0.05) is 16.5 Å². The van der Waals surface area contributed by atoms with Gasteiger partial charge < -0.3 is 0 Å². The fourth-order valence-electron chi connectivity index (χ4n) is 2.44. The summed E-state index contributed by atoms with van der Waals surface area (Å²) in [7, 11) is 0. The predicted octanol–water partition coefficient (Wildman–Crippen LogP) is 4.59. The molecule has 0 aliphatic heterocycles. The normalized spacial score (nSPS) is 10.5. The third kappa shape index (κ3) is 3.56. The Balaban J connectivity index is 1.84. The van der Waals surface area contributed by atoms with E-state index >= 15 is 0 Å². The molecule has 7 heteroatoms. The van der Waals surface area contributed by atoms with E-state index in [0.29, 0.717) is 10.7 Å². The van der Waals surface area contributed by atoms with Gasteiger partial charge in [0.2, 0.25) is 0 Å². The number of para-hydroxylation sites is 1. The minimum absolute atomic E-state index is 0.0251. The van der Waals surface area contributed by atoms with Crippen LogP contribution in [0.1, 0.15) is 21.5 Å². The summed E-state index contributed by atoms with van der Waals surface area (Å²) in [5, 5.41) is 16.1. The number of amides is 1. The molecule has 0 aliphatic carbocycles. The van der Waals surface area contributed by atoms with Crippen molar-refractivity contribution >= 4 is 28.1 Å². The zero-order valence-electron chi connectivity index (χ0n) is 13.6. The lowest BCUT2D eigenvalue weighted by molar-refractivity contribution is -0.385. The lowest BCUT2D eigenvalue weighted by Crippen LogP contribution is -2.14. The van der Waals surface area contributed by atoms with E-state index < -0.39 is 10.8 Å². The quantitative estimate of drug-likeness (QED) is 0.549. The average molecular weight is 353 g/mol. The van der Waals surface area contributed by atoms with Gasteiger partial charge in [-0.05, 0) is 19.9 Å². The van der Waals surface area contributed by atoms with E-state index in [9.17, 15) is 14.9 Å². The molecular formula is C18H15N3O3S. The number of rotatable bonds is 4. The zero-order chi connectivity index (χ0) is 18.0. The van der Waals surface area contributed by atoms with Crippen LogP contribution in [0.15, 0.2) is 47.8 Å². The molecule has 1 amide bonds. The molecule has 0 radical (unpaired) electrons. The monoisotopic (exact) mass is 353 g/mol. The van der Waals surface area contributed by atoms with Crippen molar-refractivity contribution in [2.24, 2.45) is 0 Å². The van der Waals surface area contributed by atoms with E-state index in [4.69, 9.17) is 0 Å². The summed E-state index contributed by atoms with van der Waals surface area (Å²) in [6.45, 7) is 3.61. The Morgan fingerprint density at radius 2 is 1.88 bits per heavy atom. The second-order valence-electron chi connectivity index (χ2n) is 5.59. The van der Waals surface area contributed by atoms with Gasteiger partial charge >= 0.3 is 0 Å². The van der Waals surface area contributed by atoms with Crippen LogP contribution < -0.4 is 5.32 Å². The molecule has 0 unspecified atom stereocenters. The first-order chi connectivity index (χ1) is 12.0. The Morgan fingerprint density at radius 1 is 1.16 bits per heavy atom. The summed E-state index contributed by atoms with van der Waals surface area (Å²) in [6.07, 6.45) is 0. The molecule has 0 atom stereocenters. The van der Waals surface area contributed by atoms with E-state index in [2.05, 4.69) is 10.3 Å². The molecule has 0 spiro atoms. The summed E-state index contributed by atoms with van der Waals surface area (Å²) in [5.41, 5.74) is 3.13. The Labute approximate surface area is 148 Å². The van der Waals surface area contributed by atoms with Crippen LogP contribution in [0.3, 0.4) is 0 Å². The SMILES string of the molecule is Cc1ccc(-c2csc(NC(=O)c3cccc(C)c3[N+](=O)[O-])n2)cc1. The number of benzene rings is 2. The summed E-state index contributed by atoms with van der Waals surface area (Å²) in [4.78, 5) is 27.5. The fraction of sp³-hybridized carbons (Fsp3) is 0.111. The van der Waals surface area contributed by atoms with Crippen molar-refractivity contribution in [2.75, 3.05) is 5.32 Å². The second-order valence-corrected chi connectivity index (χ2v) is 6.44. The number of hydrogen-bond acceptors (Lipinski definition) is 5. The highest BCUT2D eigenvalue weighted by atomic mass is 32.1. The molecule has 0 aliphatic rings. The highest BCUT2D eigenvalue weighted by molar-refractivity contribution is 7.14. The highest BCUT2D eigenvalue weighted by Gasteiger charge is 2.23. The van der Waals surface area contributed by atoms with Gasteiger partial charge in [0.25, 0.3) is 11.6 Å². The fourth-order valence-corrected chi connectivity index (χ4v) is 3.15. The van der Waals surface area contributed by atoms with E-state index in [1.165, 1.54) is 17.4 Å². The summed E-state index contributed by atoms with van der Waals surface area (Å²) in [5.74, 6) is -0.541. The van der Waals surface area contributed by atoms with Crippen molar-refractivity contribution < 1.29 is 9.72 Å². The van der Waals surface area contributed by atoms with E-state index in [0.717, 1.165) is 16.8 Å². The highest BCUT2D eigenvalue weighted by Crippen LogP contribution is 2.27. The van der Waals surface area contributed by atoms with Gasteiger partial charge in [0.15, 0.2) is 5.13 Å². The Kier molecular flexibility index (Phi) is 4.58. The average Bonchev–Trinajstić information content (AvgIpc) is 3.03. The van der Waals surface area contributed by atoms with Crippen LogP contribution in [0.2, 0.25) is 0 Å². The maximum absolute atomic E-state index is 12.4. The maximum Gasteiger partial charge on any atom is 0.285 e. The number of nitro benzene ring substituents is 1. The Morgan fingerprint density at radius 3 is 2.56 bits per heavy atom. The molecule has 0 saturated heterocycles. The number of anilines is 1. The third-order valence-corrected chi connectivity index (χ3v) is 4.49. The predicted molar refractivity (Wildman–Crippen MR) is 98.1 cm³/mol. The van der Waals surface area contributed by atoms with Crippen molar-refractivity contribution in [3.8, 4) is 11.3 Å². The number of aromatic nitrogens is 1. The number of thiazole rings is 1. The molecule has 25 heavy (non-hydrogen) atoms. The number of carbonyl (C=O) groups excluding carboxylic acids is 1. The lowest BCUT2D eigenvalue weighted by atomic mass is 10.1. The van der Waals surface area contributed by atoms with Crippen LogP contribution in [0.4, 0.5) is 10.8 Å². The van der Waals surface area contributed by atoms with E-state index in [1.54, 1.807) is 19.1 Å². The molecule has 1 heterocycles. The molecule has 0 bridgehead atoms. The molecule has 0 fully saturated rings. The van der Waals surface area contributed by atoms with Gasteiger partial charge in [-0.1, -0.05) is 42.0 Å². The smallest absolute Gasteiger partial charge is 0.285 e. The van der Waals surface area contributed by atoms with Crippen LogP contribution >= 0.6 is 11.3 Å². The third-order valence-electron chi connectivity index (χ3n) is 3.74. The Bertz CT molecular complexity index is 948. The van der Waals surface area contributed by atoms with Crippen molar-refractivity contribution in [2.45, 2.75) is 13.8 Å². The van der Waals surface area contributed by atoms with Crippen LogP contribution in [0, 0.1) is 24.0 Å². The largest absolute Gasteiger partial charge is 0.298 e. The van der Waals surface area contributed by atoms with Gasteiger partial charge in [0.05, 0.1) is 10.6 Å². The molecule has 126 valence electrons. The molecule has 3 aromatic rings. The summed E-state index contributed by atoms with van der Waals surface area (Å²) < 4.78 is 0. The van der Waals surface area contributed by atoms with Gasteiger partial charge in [-0.15, -0.1) is 11.3 Å². The number of aryl methyl sites for hydroxylation is 2. The topological polar surface area (TPSA) is 85.1 Å². The van der Waals surface area contributed by atoms with Crippen molar-refractivity contribution in [3.63, 3.8) is 0 Å². The van der Waals surface area contributed by atoms with E-state index in [1.807, 2.05) is 36.6 Å². The lowest BCUT2D eigenvalue weighted by Gasteiger charge is -2.05. The van der Waals surface area contributed by atoms with E-state index in [-0.39, 0.29) is 11.3 Å². The first-order valence-corrected chi connectivity index (χ1v) is 8.41. The van der Waals surface area contributed by atoms with Crippen LogP contribution in [-0.4, -0.2) is 15.8 Å². The molecule has 0 saturated carbocycles. The maximum atomic E-state index is 12.4. The van der Waals surface area contributed by atoms with Gasteiger partial charge in [-0.3, -0.25) is 20.2 Å². The zero-order valence-corrected chi connectivity index (χ0v) is 14.5. The summed E-state index contributed by atoms with van der Waals surface area (Å²) in [6, 6.07) is 12.6.